The number of hydrogen-bond donors (Lipinski definition) is 2. The zero-order valence-electron chi connectivity index (χ0n) is 5.54. The van der Waals surface area contributed by atoms with E-state index in [-0.39, 0.29) is 6.54 Å². The van der Waals surface area contributed by atoms with Crippen LogP contribution in [-0.4, -0.2) is 31.4 Å². The molecule has 0 radical (unpaired) electrons. The fourth-order valence-corrected chi connectivity index (χ4v) is 1.09. The molecule has 0 aromatic heterocycles. The van der Waals surface area contributed by atoms with Gasteiger partial charge in [-0.25, -0.2) is 13.1 Å². The normalized spacial score (nSPS) is 15.1. The molecule has 0 heterocycles. The highest BCUT2D eigenvalue weighted by Crippen LogP contribution is 1.87. The summed E-state index contributed by atoms with van der Waals surface area (Å²) in [6.45, 7) is 1.49. The first kappa shape index (κ1) is 10.2. The minimum atomic E-state index is -3.36. The largest absolute Gasteiger partial charge is 0.392 e. The van der Waals surface area contributed by atoms with Gasteiger partial charge in [-0.3, -0.25) is 0 Å². The van der Waals surface area contributed by atoms with Crippen molar-refractivity contribution in [1.29, 1.82) is 0 Å². The van der Waals surface area contributed by atoms with Crippen LogP contribution >= 0.6 is 11.6 Å². The van der Waals surface area contributed by atoms with Gasteiger partial charge in [0.25, 0.3) is 0 Å². The average molecular weight is 188 g/mol. The second-order valence-electron chi connectivity index (χ2n) is 1.92. The predicted octanol–water partition coefficient (Wildman–Crippen LogP) is -0.517. The van der Waals surface area contributed by atoms with Crippen molar-refractivity contribution in [3.8, 4) is 0 Å². The Balaban J connectivity index is 3.70. The maximum atomic E-state index is 10.5. The Morgan fingerprint density at radius 3 is 2.50 bits per heavy atom. The predicted molar refractivity (Wildman–Crippen MR) is 39.3 cm³/mol. The molecule has 0 amide bonds. The van der Waals surface area contributed by atoms with Gasteiger partial charge in [0.05, 0.1) is 6.10 Å². The molecule has 0 saturated heterocycles. The van der Waals surface area contributed by atoms with Crippen LogP contribution in [0.2, 0.25) is 0 Å². The van der Waals surface area contributed by atoms with Crippen LogP contribution in [0.5, 0.6) is 0 Å². The molecule has 2 N–H and O–H groups in total. The second kappa shape index (κ2) is 4.12. The van der Waals surface area contributed by atoms with Crippen molar-refractivity contribution in [3.05, 3.63) is 0 Å². The molecule has 0 saturated carbocycles. The Bertz CT molecular complexity index is 177. The lowest BCUT2D eigenvalue weighted by atomic mass is 10.4. The number of nitrogens with one attached hydrogen (secondary N) is 1. The van der Waals surface area contributed by atoms with E-state index in [1.165, 1.54) is 6.92 Å². The van der Waals surface area contributed by atoms with Gasteiger partial charge in [0.2, 0.25) is 10.0 Å². The number of aliphatic hydroxyl groups is 1. The Morgan fingerprint density at radius 2 is 2.20 bits per heavy atom. The fraction of sp³-hybridized carbons (Fsp3) is 1.00. The van der Waals surface area contributed by atoms with Crippen molar-refractivity contribution in [2.75, 3.05) is 11.8 Å². The SMILES string of the molecule is C[C@@H](O)CNS(=O)(=O)CCl. The van der Waals surface area contributed by atoms with Crippen molar-refractivity contribution in [2.24, 2.45) is 0 Å². The summed E-state index contributed by atoms with van der Waals surface area (Å²) in [6.07, 6.45) is -0.682. The monoisotopic (exact) mass is 187 g/mol. The van der Waals surface area contributed by atoms with Crippen LogP contribution in [0.3, 0.4) is 0 Å². The molecule has 0 unspecified atom stereocenters. The van der Waals surface area contributed by atoms with Crippen molar-refractivity contribution >= 4 is 21.6 Å². The number of rotatable bonds is 4. The molecule has 0 fully saturated rings. The highest BCUT2D eigenvalue weighted by molar-refractivity contribution is 7.90. The van der Waals surface area contributed by atoms with Crippen molar-refractivity contribution < 1.29 is 13.5 Å². The number of sulfonamides is 1. The lowest BCUT2D eigenvalue weighted by Gasteiger charge is -2.04. The molecule has 0 aromatic rings. The zero-order chi connectivity index (χ0) is 8.20. The maximum absolute atomic E-state index is 10.5. The Hall–Kier alpha value is 0.160. The fourth-order valence-electron chi connectivity index (χ4n) is 0.286. The summed E-state index contributed by atoms with van der Waals surface area (Å²) in [4.78, 5) is 0. The van der Waals surface area contributed by atoms with Gasteiger partial charge in [-0.1, -0.05) is 0 Å². The summed E-state index contributed by atoms with van der Waals surface area (Å²) in [5.41, 5.74) is 0. The van der Waals surface area contributed by atoms with Crippen molar-refractivity contribution in [2.45, 2.75) is 13.0 Å². The van der Waals surface area contributed by atoms with Crippen LogP contribution < -0.4 is 4.72 Å². The van der Waals surface area contributed by atoms with Gasteiger partial charge in [0.1, 0.15) is 5.21 Å². The van der Waals surface area contributed by atoms with Gasteiger partial charge in [-0.2, -0.15) is 0 Å². The number of hydrogen-bond acceptors (Lipinski definition) is 3. The second-order valence-corrected chi connectivity index (χ2v) is 4.31. The Morgan fingerprint density at radius 1 is 1.70 bits per heavy atom. The van der Waals surface area contributed by atoms with Crippen LogP contribution in [0.1, 0.15) is 6.92 Å². The third-order valence-electron chi connectivity index (χ3n) is 0.742. The van der Waals surface area contributed by atoms with E-state index < -0.39 is 21.3 Å². The highest BCUT2D eigenvalue weighted by Gasteiger charge is 2.07. The van der Waals surface area contributed by atoms with Crippen LogP contribution in [0, 0.1) is 0 Å². The average Bonchev–Trinajstić information content (AvgIpc) is 1.85. The number of alkyl halides is 1. The molecular formula is C4H10ClNO3S. The summed E-state index contributed by atoms with van der Waals surface area (Å²) in [6, 6.07) is 0. The molecule has 10 heavy (non-hydrogen) atoms. The van der Waals surface area contributed by atoms with Gasteiger partial charge in [-0.05, 0) is 6.92 Å². The maximum Gasteiger partial charge on any atom is 0.225 e. The van der Waals surface area contributed by atoms with Gasteiger partial charge in [-0.15, -0.1) is 11.6 Å². The van der Waals surface area contributed by atoms with E-state index in [0.717, 1.165) is 0 Å². The molecular weight excluding hydrogens is 178 g/mol. The van der Waals surface area contributed by atoms with E-state index in [1.807, 2.05) is 0 Å². The molecule has 0 rings (SSSR count). The van der Waals surface area contributed by atoms with Crippen LogP contribution in [0.15, 0.2) is 0 Å². The van der Waals surface area contributed by atoms with E-state index in [1.54, 1.807) is 0 Å². The third-order valence-corrected chi connectivity index (χ3v) is 2.50. The summed E-state index contributed by atoms with van der Waals surface area (Å²) >= 11 is 5.04. The van der Waals surface area contributed by atoms with Crippen LogP contribution in [0.25, 0.3) is 0 Å². The van der Waals surface area contributed by atoms with Gasteiger partial charge in [0.15, 0.2) is 0 Å². The van der Waals surface area contributed by atoms with Crippen LogP contribution in [-0.2, 0) is 10.0 Å². The molecule has 0 bridgehead atoms. The first-order chi connectivity index (χ1) is 4.48. The molecule has 1 atom stereocenters. The lowest BCUT2D eigenvalue weighted by Crippen LogP contribution is -2.31. The third kappa shape index (κ3) is 4.99. The molecule has 0 aliphatic heterocycles. The van der Waals surface area contributed by atoms with Crippen molar-refractivity contribution in [3.63, 3.8) is 0 Å². The number of halogens is 1. The van der Waals surface area contributed by atoms with E-state index in [0.29, 0.717) is 0 Å². The lowest BCUT2D eigenvalue weighted by molar-refractivity contribution is 0.198. The molecule has 62 valence electrons. The molecule has 4 nitrogen and oxygen atoms in total. The van der Waals surface area contributed by atoms with Crippen molar-refractivity contribution in [1.82, 2.24) is 4.72 Å². The van der Waals surface area contributed by atoms with Gasteiger partial charge >= 0.3 is 0 Å². The zero-order valence-corrected chi connectivity index (χ0v) is 7.11. The molecule has 0 aromatic carbocycles. The summed E-state index contributed by atoms with van der Waals surface area (Å²) < 4.78 is 23.2. The molecule has 0 aliphatic carbocycles. The topological polar surface area (TPSA) is 66.4 Å². The quantitative estimate of drug-likeness (QED) is 0.583. The molecule has 0 aliphatic rings. The van der Waals surface area contributed by atoms with Gasteiger partial charge in [0, 0.05) is 6.54 Å². The van der Waals surface area contributed by atoms with E-state index in [9.17, 15) is 8.42 Å². The molecule has 0 spiro atoms. The van der Waals surface area contributed by atoms with E-state index >= 15 is 0 Å². The van der Waals surface area contributed by atoms with E-state index in [2.05, 4.69) is 4.72 Å². The minimum Gasteiger partial charge on any atom is -0.392 e. The first-order valence-corrected chi connectivity index (χ1v) is 4.88. The molecule has 6 heteroatoms. The van der Waals surface area contributed by atoms with Gasteiger partial charge < -0.3 is 5.11 Å². The summed E-state index contributed by atoms with van der Waals surface area (Å²) in [7, 11) is -3.36. The Labute approximate surface area is 65.2 Å². The van der Waals surface area contributed by atoms with Crippen LogP contribution in [0.4, 0.5) is 0 Å². The Kier molecular flexibility index (Phi) is 4.19. The smallest absolute Gasteiger partial charge is 0.225 e. The number of aliphatic hydroxyl groups excluding tert-OH is 1. The highest BCUT2D eigenvalue weighted by atomic mass is 35.5. The summed E-state index contributed by atoms with van der Waals surface area (Å²) in [5.74, 6) is 0. The van der Waals surface area contributed by atoms with E-state index in [4.69, 9.17) is 16.7 Å². The summed E-state index contributed by atoms with van der Waals surface area (Å²) in [5, 5.41) is 8.17. The minimum absolute atomic E-state index is 0.00898. The first-order valence-electron chi connectivity index (χ1n) is 2.69. The standard InChI is InChI=1S/C4H10ClNO3S/c1-4(7)2-6-10(8,9)3-5/h4,6-7H,2-3H2,1H3/t4-/m1/s1.